The van der Waals surface area contributed by atoms with E-state index in [4.69, 9.17) is 14.2 Å². The summed E-state index contributed by atoms with van der Waals surface area (Å²) in [6.07, 6.45) is 8.53. The number of anilines is 1. The summed E-state index contributed by atoms with van der Waals surface area (Å²) >= 11 is 0. The van der Waals surface area contributed by atoms with Crippen LogP contribution in [0, 0.1) is 6.92 Å². The second-order valence-electron chi connectivity index (χ2n) is 13.6. The first kappa shape index (κ1) is 37.9. The molecule has 1 fully saturated rings. The molecule has 1 saturated heterocycles. The summed E-state index contributed by atoms with van der Waals surface area (Å²) in [6.45, 7) is 11.8. The minimum Gasteiger partial charge on any atom is -0.487 e. The van der Waals surface area contributed by atoms with Crippen molar-refractivity contribution in [2.24, 2.45) is 0 Å². The van der Waals surface area contributed by atoms with E-state index < -0.39 is 42.7 Å². The van der Waals surface area contributed by atoms with Gasteiger partial charge in [-0.05, 0) is 122 Å². The molecule has 3 heterocycles. The van der Waals surface area contributed by atoms with Gasteiger partial charge in [-0.1, -0.05) is 34.9 Å². The lowest BCUT2D eigenvalue weighted by atomic mass is 9.87. The first-order chi connectivity index (χ1) is 23.1. The summed E-state index contributed by atoms with van der Waals surface area (Å²) in [6, 6.07) is 4.56. The van der Waals surface area contributed by atoms with Crippen LogP contribution in [-0.4, -0.2) is 56.2 Å². The molecule has 0 aliphatic carbocycles. The molecule has 268 valence electrons. The van der Waals surface area contributed by atoms with Gasteiger partial charge in [-0.3, -0.25) is 9.88 Å². The van der Waals surface area contributed by atoms with Crippen molar-refractivity contribution in [3.8, 4) is 11.5 Å². The monoisotopic (exact) mass is 685 g/mol. The molecule has 0 spiro atoms. The van der Waals surface area contributed by atoms with Crippen molar-refractivity contribution in [3.63, 3.8) is 0 Å². The van der Waals surface area contributed by atoms with Gasteiger partial charge in [0, 0.05) is 6.20 Å². The lowest BCUT2D eigenvalue weighted by Gasteiger charge is -2.37. The number of carbonyl (C=O) groups is 1. The number of aromatic nitrogens is 2. The number of nitrogens with zero attached hydrogens (tertiary/aromatic N) is 2. The lowest BCUT2D eigenvalue weighted by molar-refractivity contribution is -0.140. The second kappa shape index (κ2) is 16.2. The second-order valence-corrected chi connectivity index (χ2v) is 13.6. The highest BCUT2D eigenvalue weighted by Gasteiger charge is 2.59. The van der Waals surface area contributed by atoms with Crippen LogP contribution in [0.2, 0.25) is 0 Å². The fraction of sp³-hybridized carbons (Fsp3) is 0.541. The third-order valence-electron chi connectivity index (χ3n) is 8.97. The maximum Gasteiger partial charge on any atom is 0.418 e. The quantitative estimate of drug-likeness (QED) is 0.187. The highest BCUT2D eigenvalue weighted by atomic mass is 19.3. The molecular formula is C37H49F2N3O7. The molecule has 2 aromatic rings. The van der Waals surface area contributed by atoms with Gasteiger partial charge in [-0.2, -0.15) is 13.8 Å². The normalized spacial score (nSPS) is 23.4. The molecule has 4 rings (SSSR count). The van der Waals surface area contributed by atoms with Crippen LogP contribution in [0.15, 0.2) is 64.1 Å². The fourth-order valence-electron chi connectivity index (χ4n) is 6.05. The Kier molecular flexibility index (Phi) is 12.6. The average Bonchev–Trinajstić information content (AvgIpc) is 3.25. The Bertz CT molecular complexity index is 1650. The number of amides is 1. The summed E-state index contributed by atoms with van der Waals surface area (Å²) in [5.41, 5.74) is 4.42. The number of aliphatic hydroxyl groups excluding tert-OH is 2. The van der Waals surface area contributed by atoms with Crippen LogP contribution < -0.4 is 20.5 Å². The number of ether oxygens (including phenoxy) is 3. The van der Waals surface area contributed by atoms with Crippen molar-refractivity contribution in [3.05, 3.63) is 81.0 Å². The van der Waals surface area contributed by atoms with Crippen LogP contribution in [-0.2, 0) is 11.2 Å². The Balaban J connectivity index is 1.29. The van der Waals surface area contributed by atoms with Crippen LogP contribution >= 0.6 is 0 Å². The number of allylic oxidation sites excluding steroid dienone is 6. The van der Waals surface area contributed by atoms with Crippen molar-refractivity contribution in [1.82, 2.24) is 9.55 Å². The van der Waals surface area contributed by atoms with Crippen molar-refractivity contribution in [2.45, 2.75) is 123 Å². The molecule has 12 heteroatoms. The van der Waals surface area contributed by atoms with E-state index in [0.29, 0.717) is 4.57 Å². The summed E-state index contributed by atoms with van der Waals surface area (Å²) in [5.74, 6) is -3.03. The number of hydrogen-bond donors (Lipinski definition) is 3. The Hall–Kier alpha value is -3.87. The predicted octanol–water partition coefficient (Wildman–Crippen LogP) is 7.33. The topological polar surface area (TPSA) is 132 Å². The van der Waals surface area contributed by atoms with Crippen LogP contribution in [0.4, 0.5) is 19.4 Å². The zero-order chi connectivity index (χ0) is 35.9. The molecule has 1 amide bonds. The molecular weight excluding hydrogens is 636 g/mol. The maximum absolute atomic E-state index is 14.5. The van der Waals surface area contributed by atoms with Crippen molar-refractivity contribution < 1.29 is 38.0 Å². The highest BCUT2D eigenvalue weighted by molar-refractivity contribution is 5.85. The lowest BCUT2D eigenvalue weighted by Crippen LogP contribution is -2.41. The number of fused-ring (bicyclic) bond motifs is 1. The van der Waals surface area contributed by atoms with Crippen LogP contribution in [0.3, 0.4) is 0 Å². The first-order valence-electron chi connectivity index (χ1n) is 16.8. The van der Waals surface area contributed by atoms with Crippen LogP contribution in [0.1, 0.15) is 96.9 Å². The van der Waals surface area contributed by atoms with E-state index in [0.717, 1.165) is 80.5 Å². The van der Waals surface area contributed by atoms with E-state index in [1.165, 1.54) is 16.7 Å². The van der Waals surface area contributed by atoms with Crippen molar-refractivity contribution in [2.75, 3.05) is 11.9 Å². The molecule has 0 radical (unpaired) electrons. The van der Waals surface area contributed by atoms with Crippen molar-refractivity contribution in [1.29, 1.82) is 0 Å². The fourth-order valence-corrected chi connectivity index (χ4v) is 6.05. The van der Waals surface area contributed by atoms with E-state index in [1.807, 2.05) is 6.92 Å². The summed E-state index contributed by atoms with van der Waals surface area (Å²) in [4.78, 5) is 28.8. The number of benzene rings is 1. The van der Waals surface area contributed by atoms with Crippen LogP contribution in [0.25, 0.3) is 0 Å². The largest absolute Gasteiger partial charge is 0.487 e. The van der Waals surface area contributed by atoms with E-state index in [-0.39, 0.29) is 17.2 Å². The Morgan fingerprint density at radius 2 is 1.80 bits per heavy atom. The van der Waals surface area contributed by atoms with Crippen LogP contribution in [0.5, 0.6) is 11.5 Å². The zero-order valence-corrected chi connectivity index (χ0v) is 29.2. The van der Waals surface area contributed by atoms with Gasteiger partial charge in [0.2, 0.25) is 6.23 Å². The molecule has 4 atom stereocenters. The summed E-state index contributed by atoms with van der Waals surface area (Å²) in [7, 11) is 0. The molecule has 1 aromatic carbocycles. The molecule has 3 N–H and O–H groups in total. The van der Waals surface area contributed by atoms with E-state index in [1.54, 1.807) is 12.1 Å². The minimum absolute atomic E-state index is 0.230. The van der Waals surface area contributed by atoms with Gasteiger partial charge in [0.05, 0.1) is 6.61 Å². The van der Waals surface area contributed by atoms with Gasteiger partial charge in [0.1, 0.15) is 29.0 Å². The highest BCUT2D eigenvalue weighted by Crippen LogP contribution is 2.42. The molecule has 10 nitrogen and oxygen atoms in total. The van der Waals surface area contributed by atoms with E-state index in [9.17, 15) is 28.6 Å². The maximum atomic E-state index is 14.5. The number of alkyl halides is 2. The van der Waals surface area contributed by atoms with E-state index in [2.05, 4.69) is 63.1 Å². The van der Waals surface area contributed by atoms with Crippen molar-refractivity contribution >= 4 is 11.9 Å². The van der Waals surface area contributed by atoms with Gasteiger partial charge >= 0.3 is 17.7 Å². The van der Waals surface area contributed by atoms with Gasteiger partial charge < -0.3 is 24.4 Å². The number of aliphatic hydroxyl groups is 2. The Morgan fingerprint density at radius 3 is 2.43 bits per heavy atom. The molecule has 2 aliphatic heterocycles. The summed E-state index contributed by atoms with van der Waals surface area (Å²) in [5, 5.41) is 21.2. The smallest absolute Gasteiger partial charge is 0.418 e. The summed E-state index contributed by atoms with van der Waals surface area (Å²) < 4.78 is 46.4. The Morgan fingerprint density at radius 1 is 1.12 bits per heavy atom. The molecule has 0 bridgehead atoms. The SMILES string of the molecule is CC(C)=CCC/C(C)=C/CC/C(C)=C/CC[C@]1(C)CCc2cc(OC(=O)Nc3ccn([C@@H]4O[C@H](CO)[C@@H](O)C4(F)F)c(=O)n3)cc(C)c2O1. The Labute approximate surface area is 286 Å². The molecule has 0 unspecified atom stereocenters. The van der Waals surface area contributed by atoms with Gasteiger partial charge in [-0.15, -0.1) is 0 Å². The number of hydrogen-bond acceptors (Lipinski definition) is 8. The first-order valence-corrected chi connectivity index (χ1v) is 16.8. The number of nitrogens with one attached hydrogen (secondary N) is 1. The molecule has 1 aromatic heterocycles. The molecule has 0 saturated carbocycles. The average molecular weight is 686 g/mol. The van der Waals surface area contributed by atoms with E-state index >= 15 is 0 Å². The van der Waals surface area contributed by atoms with Gasteiger partial charge in [0.25, 0.3) is 0 Å². The minimum atomic E-state index is -3.85. The standard InChI is InChI=1S/C37H49F2N3O7/c1-23(2)10-7-11-24(3)12-8-13-25(4)14-9-17-36(6)18-15-27-21-28(20-26(5)31(27)49-36)47-35(46)41-30-16-19-42(34(45)40-30)33-37(38,39)32(44)29(22-43)48-33/h10,12,14,16,19-21,29,32-33,43-44H,7-9,11,13,15,17-18,22H2,1-6H3,(H,40,41,45,46)/b24-12+,25-14+/t29-,32-,33-,36-/m1/s1. The third kappa shape index (κ3) is 9.86. The number of aryl methyl sites for hydroxylation is 2. The number of halogens is 2. The third-order valence-corrected chi connectivity index (χ3v) is 8.97. The number of carbonyl (C=O) groups excluding carboxylic acids is 1. The molecule has 2 aliphatic rings. The predicted molar refractivity (Wildman–Crippen MR) is 183 cm³/mol. The molecule has 49 heavy (non-hydrogen) atoms. The number of rotatable bonds is 13. The van der Waals surface area contributed by atoms with Gasteiger partial charge in [0.15, 0.2) is 6.10 Å². The zero-order valence-electron chi connectivity index (χ0n) is 29.2. The van der Waals surface area contributed by atoms with Gasteiger partial charge in [-0.25, -0.2) is 9.59 Å².